The second kappa shape index (κ2) is 10.1. The lowest BCUT2D eigenvalue weighted by Gasteiger charge is -2.13. The van der Waals surface area contributed by atoms with Crippen LogP contribution in [-0.2, 0) is 16.1 Å². The Morgan fingerprint density at radius 1 is 1.12 bits per heavy atom. The summed E-state index contributed by atoms with van der Waals surface area (Å²) in [6.45, 7) is 4.49. The van der Waals surface area contributed by atoms with Crippen LogP contribution in [0.1, 0.15) is 28.9 Å². The van der Waals surface area contributed by atoms with Crippen molar-refractivity contribution in [2.24, 2.45) is 0 Å². The molecule has 1 N–H and O–H groups in total. The van der Waals surface area contributed by atoms with Gasteiger partial charge in [-0.05, 0) is 25.5 Å². The lowest BCUT2D eigenvalue weighted by Crippen LogP contribution is -2.33. The molecule has 2 amide bonds. The van der Waals surface area contributed by atoms with Crippen molar-refractivity contribution in [3.8, 4) is 11.3 Å². The number of carbonyl (C=O) groups excluding carboxylic acids is 2. The zero-order chi connectivity index (χ0) is 23.4. The molecule has 33 heavy (non-hydrogen) atoms. The molecule has 0 unspecified atom stereocenters. The van der Waals surface area contributed by atoms with Crippen LogP contribution < -0.4 is 5.32 Å². The highest BCUT2D eigenvalue weighted by Crippen LogP contribution is 2.32. The number of nitrogens with zero attached hydrogens (tertiary/aromatic N) is 2. The van der Waals surface area contributed by atoms with Crippen molar-refractivity contribution in [2.75, 3.05) is 6.54 Å². The van der Waals surface area contributed by atoms with Gasteiger partial charge in [0.2, 0.25) is 5.91 Å². The van der Waals surface area contributed by atoms with Crippen LogP contribution in [0, 0.1) is 13.8 Å². The fraction of sp³-hybridized carbons (Fsp3) is 0.200. The predicted molar refractivity (Wildman–Crippen MR) is 134 cm³/mol. The Balaban J connectivity index is 1.28. The van der Waals surface area contributed by atoms with E-state index in [2.05, 4.69) is 10.5 Å². The summed E-state index contributed by atoms with van der Waals surface area (Å²) >= 11 is 6.61. The van der Waals surface area contributed by atoms with E-state index in [0.717, 1.165) is 22.4 Å². The van der Waals surface area contributed by atoms with E-state index >= 15 is 0 Å². The van der Waals surface area contributed by atoms with Gasteiger partial charge in [0.05, 0.1) is 11.4 Å². The highest BCUT2D eigenvalue weighted by atomic mass is 32.2. The fourth-order valence-corrected chi connectivity index (χ4v) is 4.56. The molecule has 0 bridgehead atoms. The van der Waals surface area contributed by atoms with Crippen molar-refractivity contribution in [1.82, 2.24) is 15.4 Å². The van der Waals surface area contributed by atoms with E-state index in [1.165, 1.54) is 22.2 Å². The van der Waals surface area contributed by atoms with Crippen LogP contribution in [0.5, 0.6) is 0 Å². The highest BCUT2D eigenvalue weighted by molar-refractivity contribution is 8.26. The molecule has 0 radical (unpaired) electrons. The number of nitrogens with one attached hydrogen (secondary N) is 1. The van der Waals surface area contributed by atoms with Crippen LogP contribution in [0.4, 0.5) is 0 Å². The molecule has 3 aromatic rings. The molecule has 0 aliphatic carbocycles. The molecule has 1 aromatic heterocycles. The van der Waals surface area contributed by atoms with E-state index in [-0.39, 0.29) is 31.3 Å². The molecule has 0 saturated carbocycles. The summed E-state index contributed by atoms with van der Waals surface area (Å²) in [7, 11) is 0. The van der Waals surface area contributed by atoms with Gasteiger partial charge in [0.25, 0.3) is 5.91 Å². The van der Waals surface area contributed by atoms with Gasteiger partial charge >= 0.3 is 0 Å². The molecular weight excluding hydrogens is 454 g/mol. The molecule has 6 nitrogen and oxygen atoms in total. The molecule has 1 aliphatic rings. The minimum atomic E-state index is -0.195. The molecule has 0 spiro atoms. The normalized spacial score (nSPS) is 14.8. The number of aromatic nitrogens is 1. The summed E-state index contributed by atoms with van der Waals surface area (Å²) in [6.07, 6.45) is 1.97. The van der Waals surface area contributed by atoms with E-state index in [9.17, 15) is 9.59 Å². The molecule has 168 valence electrons. The minimum Gasteiger partial charge on any atom is -0.359 e. The topological polar surface area (TPSA) is 75.4 Å². The van der Waals surface area contributed by atoms with Crippen LogP contribution in [0.2, 0.25) is 0 Å². The zero-order valence-corrected chi connectivity index (χ0v) is 20.0. The molecule has 2 aromatic carbocycles. The van der Waals surface area contributed by atoms with Crippen molar-refractivity contribution in [1.29, 1.82) is 0 Å². The monoisotopic (exact) mass is 477 g/mol. The van der Waals surface area contributed by atoms with Gasteiger partial charge in [-0.3, -0.25) is 14.5 Å². The highest BCUT2D eigenvalue weighted by Gasteiger charge is 2.32. The van der Waals surface area contributed by atoms with Crippen molar-refractivity contribution in [3.05, 3.63) is 82.0 Å². The van der Waals surface area contributed by atoms with Gasteiger partial charge in [-0.1, -0.05) is 88.8 Å². The first-order valence-electron chi connectivity index (χ1n) is 10.5. The Bertz CT molecular complexity index is 1210. The Hall–Kier alpha value is -3.23. The fourth-order valence-electron chi connectivity index (χ4n) is 3.25. The Labute approximate surface area is 202 Å². The van der Waals surface area contributed by atoms with Gasteiger partial charge in [-0.25, -0.2) is 0 Å². The zero-order valence-electron chi connectivity index (χ0n) is 18.3. The average Bonchev–Trinajstić information content (AvgIpc) is 3.38. The molecule has 2 heterocycles. The SMILES string of the molecule is Cc1ccc(/C=C2\SC(=S)N(CCC(=O)NCc3cc(-c4ccc(C)cc4)no3)C2=O)cc1. The molecule has 1 aliphatic heterocycles. The van der Waals surface area contributed by atoms with Crippen LogP contribution in [0.15, 0.2) is 64.0 Å². The number of carbonyl (C=O) groups is 2. The lowest BCUT2D eigenvalue weighted by molar-refractivity contribution is -0.124. The standard InChI is InChI=1S/C25H23N3O3S2/c1-16-3-7-18(8-4-16)13-22-24(30)28(25(32)33-22)12-11-23(29)26-15-20-14-21(27-31-20)19-9-5-17(2)6-10-19/h3-10,13-14H,11-12,15H2,1-2H3,(H,26,29)/b22-13-. The first-order valence-corrected chi connectivity index (χ1v) is 11.7. The smallest absolute Gasteiger partial charge is 0.266 e. The van der Waals surface area contributed by atoms with Gasteiger partial charge in [0, 0.05) is 24.6 Å². The number of hydrogen-bond acceptors (Lipinski definition) is 6. The maximum absolute atomic E-state index is 12.7. The number of aryl methyl sites for hydroxylation is 2. The minimum absolute atomic E-state index is 0.142. The third-order valence-corrected chi connectivity index (χ3v) is 6.56. The van der Waals surface area contributed by atoms with Crippen molar-refractivity contribution < 1.29 is 14.1 Å². The van der Waals surface area contributed by atoms with Gasteiger partial charge in [0.15, 0.2) is 5.76 Å². The second-order valence-corrected chi connectivity index (χ2v) is 9.49. The van der Waals surface area contributed by atoms with Crippen LogP contribution in [-0.4, -0.2) is 32.7 Å². The molecule has 1 saturated heterocycles. The van der Waals surface area contributed by atoms with Gasteiger partial charge < -0.3 is 9.84 Å². The molecule has 0 atom stereocenters. The Morgan fingerprint density at radius 3 is 2.48 bits per heavy atom. The third kappa shape index (κ3) is 5.77. The lowest BCUT2D eigenvalue weighted by atomic mass is 10.1. The van der Waals surface area contributed by atoms with E-state index < -0.39 is 0 Å². The van der Waals surface area contributed by atoms with E-state index in [4.69, 9.17) is 16.7 Å². The van der Waals surface area contributed by atoms with Crippen molar-refractivity contribution >= 4 is 46.2 Å². The molecule has 1 fully saturated rings. The first kappa shape index (κ1) is 22.9. The van der Waals surface area contributed by atoms with E-state index in [1.54, 1.807) is 0 Å². The summed E-state index contributed by atoms with van der Waals surface area (Å²) in [6, 6.07) is 17.7. The summed E-state index contributed by atoms with van der Waals surface area (Å²) in [4.78, 5) is 27.1. The number of thioether (sulfide) groups is 1. The van der Waals surface area contributed by atoms with Gasteiger partial charge in [-0.2, -0.15) is 0 Å². The predicted octanol–water partition coefficient (Wildman–Crippen LogP) is 4.87. The van der Waals surface area contributed by atoms with Crippen LogP contribution >= 0.6 is 24.0 Å². The summed E-state index contributed by atoms with van der Waals surface area (Å²) < 4.78 is 5.79. The largest absolute Gasteiger partial charge is 0.359 e. The molecule has 4 rings (SSSR count). The molecule has 8 heteroatoms. The second-order valence-electron chi connectivity index (χ2n) is 7.82. The number of benzene rings is 2. The maximum Gasteiger partial charge on any atom is 0.266 e. The van der Waals surface area contributed by atoms with Gasteiger partial charge in [-0.15, -0.1) is 0 Å². The number of thiocarbonyl (C=S) groups is 1. The summed E-state index contributed by atoms with van der Waals surface area (Å²) in [5.74, 6) is 0.196. The average molecular weight is 478 g/mol. The van der Waals surface area contributed by atoms with Crippen LogP contribution in [0.25, 0.3) is 17.3 Å². The Morgan fingerprint density at radius 2 is 1.79 bits per heavy atom. The number of amides is 2. The number of rotatable bonds is 7. The third-order valence-electron chi connectivity index (χ3n) is 5.18. The number of hydrogen-bond donors (Lipinski definition) is 1. The molecular formula is C25H23N3O3S2. The van der Waals surface area contributed by atoms with Crippen molar-refractivity contribution in [3.63, 3.8) is 0 Å². The summed E-state index contributed by atoms with van der Waals surface area (Å²) in [5, 5.41) is 6.87. The quantitative estimate of drug-likeness (QED) is 0.387. The maximum atomic E-state index is 12.7. The van der Waals surface area contributed by atoms with E-state index in [1.807, 2.05) is 74.5 Å². The van der Waals surface area contributed by atoms with Crippen molar-refractivity contribution in [2.45, 2.75) is 26.8 Å². The first-order chi connectivity index (χ1) is 15.9. The van der Waals surface area contributed by atoms with Gasteiger partial charge in [0.1, 0.15) is 10.0 Å². The summed E-state index contributed by atoms with van der Waals surface area (Å²) in [5.41, 5.74) is 4.94. The Kier molecular flexibility index (Phi) is 7.05. The van der Waals surface area contributed by atoms with Crippen LogP contribution in [0.3, 0.4) is 0 Å². The van der Waals surface area contributed by atoms with E-state index in [0.29, 0.717) is 15.0 Å².